The standard InChI is InChI=1S/C16H14N6O3.C6H4ClFO2S.ClH/c17-9-5-18-14-13(9)20-7-21-15(14)16(24)19-4-8-1-2-11-10(3-8)22-12(23)6-25-11;7-11(9,10)6-3-1-5(8)2-4-6;/h1-3,5,7,18H,4,6,17H2,(H,19,24)(H,22,23);1-4H;1H. The zero-order valence-corrected chi connectivity index (χ0v) is 21.1. The topological polar surface area (TPSA) is 169 Å². The van der Waals surface area contributed by atoms with Crippen molar-refractivity contribution in [1.29, 1.82) is 0 Å². The van der Waals surface area contributed by atoms with Crippen molar-refractivity contribution in [3.05, 3.63) is 72.1 Å². The summed E-state index contributed by atoms with van der Waals surface area (Å²) in [6.07, 6.45) is 2.87. The summed E-state index contributed by atoms with van der Waals surface area (Å²) in [5.41, 5.74) is 8.86. The average molecular weight is 569 g/mol. The Morgan fingerprint density at radius 3 is 2.62 bits per heavy atom. The molecule has 0 saturated heterocycles. The highest BCUT2D eigenvalue weighted by Crippen LogP contribution is 2.28. The van der Waals surface area contributed by atoms with E-state index in [9.17, 15) is 22.4 Å². The van der Waals surface area contributed by atoms with Crippen LogP contribution in [0.25, 0.3) is 11.0 Å². The van der Waals surface area contributed by atoms with Crippen LogP contribution < -0.4 is 21.1 Å². The first-order valence-corrected chi connectivity index (χ1v) is 12.5. The monoisotopic (exact) mass is 568 g/mol. The number of carbonyl (C=O) groups excluding carboxylic acids is 2. The number of aromatic nitrogens is 3. The molecule has 1 aliphatic rings. The van der Waals surface area contributed by atoms with Gasteiger partial charge >= 0.3 is 0 Å². The summed E-state index contributed by atoms with van der Waals surface area (Å²) < 4.78 is 38.7. The third-order valence-electron chi connectivity index (χ3n) is 4.93. The number of halogens is 3. The van der Waals surface area contributed by atoms with Gasteiger partial charge in [0.15, 0.2) is 12.3 Å². The number of nitrogens with zero attached hydrogens (tertiary/aromatic N) is 2. The first-order valence-electron chi connectivity index (χ1n) is 10.2. The molecule has 2 amide bonds. The van der Waals surface area contributed by atoms with Gasteiger partial charge in [-0.25, -0.2) is 22.8 Å². The molecule has 0 unspecified atom stereocenters. The smallest absolute Gasteiger partial charge is 0.272 e. The molecule has 0 radical (unpaired) electrons. The summed E-state index contributed by atoms with van der Waals surface area (Å²) in [7, 11) is 1.25. The molecule has 0 atom stereocenters. The summed E-state index contributed by atoms with van der Waals surface area (Å²) in [6, 6.07) is 9.62. The van der Waals surface area contributed by atoms with Gasteiger partial charge in [0.1, 0.15) is 23.4 Å². The van der Waals surface area contributed by atoms with Gasteiger partial charge in [-0.05, 0) is 42.0 Å². The van der Waals surface area contributed by atoms with E-state index in [0.29, 0.717) is 28.2 Å². The molecule has 3 heterocycles. The number of fused-ring (bicyclic) bond motifs is 2. The molecule has 0 aliphatic carbocycles. The quantitative estimate of drug-likeness (QED) is 0.272. The van der Waals surface area contributed by atoms with E-state index in [1.54, 1.807) is 18.3 Å². The largest absolute Gasteiger partial charge is 0.482 e. The van der Waals surface area contributed by atoms with E-state index in [4.69, 9.17) is 21.2 Å². The highest BCUT2D eigenvalue weighted by molar-refractivity contribution is 8.13. The van der Waals surface area contributed by atoms with Crippen LogP contribution in [0.3, 0.4) is 0 Å². The number of nitrogens with one attached hydrogen (secondary N) is 3. The summed E-state index contributed by atoms with van der Waals surface area (Å²) in [5, 5.41) is 5.52. The molecule has 11 nitrogen and oxygen atoms in total. The zero-order chi connectivity index (χ0) is 25.9. The number of carbonyl (C=O) groups is 2. The lowest BCUT2D eigenvalue weighted by atomic mass is 10.1. The van der Waals surface area contributed by atoms with Crippen molar-refractivity contribution in [2.24, 2.45) is 0 Å². The fourth-order valence-corrected chi connectivity index (χ4v) is 4.00. The van der Waals surface area contributed by atoms with Gasteiger partial charge in [-0.15, -0.1) is 12.4 Å². The third-order valence-corrected chi connectivity index (χ3v) is 6.30. The number of ether oxygens (including phenoxy) is 1. The molecule has 37 heavy (non-hydrogen) atoms. The molecule has 0 bridgehead atoms. The number of hydrogen-bond acceptors (Lipinski definition) is 8. The van der Waals surface area contributed by atoms with Crippen molar-refractivity contribution in [2.45, 2.75) is 11.4 Å². The molecule has 194 valence electrons. The van der Waals surface area contributed by atoms with Gasteiger partial charge in [-0.3, -0.25) is 9.59 Å². The van der Waals surface area contributed by atoms with E-state index in [1.165, 1.54) is 6.33 Å². The van der Waals surface area contributed by atoms with Crippen molar-refractivity contribution in [3.8, 4) is 5.75 Å². The number of aromatic amines is 1. The van der Waals surface area contributed by atoms with Gasteiger partial charge in [0.2, 0.25) is 0 Å². The van der Waals surface area contributed by atoms with Gasteiger partial charge in [0.05, 0.1) is 21.8 Å². The SMILES string of the molecule is Cl.Nc1c[nH]c2c(C(=O)NCc3ccc4c(c3)NC(=O)CO4)ncnc12.O=S(=O)(Cl)c1ccc(F)cc1. The molecule has 0 fully saturated rings. The minimum absolute atomic E-state index is 0. The van der Waals surface area contributed by atoms with Gasteiger partial charge in [0.25, 0.3) is 20.9 Å². The van der Waals surface area contributed by atoms with Crippen LogP contribution in [0.5, 0.6) is 5.75 Å². The highest BCUT2D eigenvalue weighted by atomic mass is 35.7. The van der Waals surface area contributed by atoms with Gasteiger partial charge in [-0.2, -0.15) is 0 Å². The Kier molecular flexibility index (Phi) is 8.53. The van der Waals surface area contributed by atoms with Crippen LogP contribution in [-0.4, -0.2) is 41.8 Å². The normalized spacial score (nSPS) is 12.2. The lowest BCUT2D eigenvalue weighted by Crippen LogP contribution is -2.26. The molecule has 2 aromatic carbocycles. The summed E-state index contributed by atoms with van der Waals surface area (Å²) in [4.78, 5) is 34.7. The van der Waals surface area contributed by atoms with Gasteiger partial charge < -0.3 is 26.1 Å². The molecular formula is C22H19Cl2FN6O5S. The second-order valence-electron chi connectivity index (χ2n) is 7.43. The van der Waals surface area contributed by atoms with Crippen LogP contribution in [0.15, 0.2) is 59.9 Å². The van der Waals surface area contributed by atoms with Crippen molar-refractivity contribution in [2.75, 3.05) is 17.7 Å². The molecular weight excluding hydrogens is 550 g/mol. The Morgan fingerprint density at radius 2 is 1.92 bits per heavy atom. The molecule has 1 aliphatic heterocycles. The van der Waals surface area contributed by atoms with Gasteiger partial charge in [0, 0.05) is 23.4 Å². The Hall–Kier alpha value is -3.94. The Balaban J connectivity index is 0.000000269. The minimum atomic E-state index is -3.71. The first kappa shape index (κ1) is 27.6. The molecule has 5 rings (SSSR count). The maximum atomic E-state index is 12.4. The van der Waals surface area contributed by atoms with Crippen molar-refractivity contribution >= 4 is 66.4 Å². The minimum Gasteiger partial charge on any atom is -0.482 e. The van der Waals surface area contributed by atoms with Crippen molar-refractivity contribution in [1.82, 2.24) is 20.3 Å². The van der Waals surface area contributed by atoms with E-state index < -0.39 is 14.9 Å². The van der Waals surface area contributed by atoms with Crippen molar-refractivity contribution in [3.63, 3.8) is 0 Å². The summed E-state index contributed by atoms with van der Waals surface area (Å²) in [6.45, 7) is 0.274. The average Bonchev–Trinajstić information content (AvgIpc) is 3.23. The predicted octanol–water partition coefficient (Wildman–Crippen LogP) is 2.98. The van der Waals surface area contributed by atoms with E-state index in [2.05, 4.69) is 25.6 Å². The number of nitrogen functional groups attached to an aromatic ring is 1. The number of rotatable bonds is 4. The Labute approximate surface area is 220 Å². The fourth-order valence-electron chi connectivity index (χ4n) is 3.24. The second-order valence-corrected chi connectivity index (χ2v) is 10.00. The van der Waals surface area contributed by atoms with Crippen LogP contribution in [0.2, 0.25) is 0 Å². The summed E-state index contributed by atoms with van der Waals surface area (Å²) in [5.74, 6) is -0.447. The van der Waals surface area contributed by atoms with Crippen molar-refractivity contribution < 1.29 is 27.1 Å². The maximum Gasteiger partial charge on any atom is 0.272 e. The molecule has 0 saturated carbocycles. The molecule has 5 N–H and O–H groups in total. The zero-order valence-electron chi connectivity index (χ0n) is 18.7. The number of anilines is 2. The van der Waals surface area contributed by atoms with E-state index in [0.717, 1.165) is 29.8 Å². The van der Waals surface area contributed by atoms with Crippen LogP contribution in [0.4, 0.5) is 15.8 Å². The number of hydrogen-bond donors (Lipinski definition) is 4. The molecule has 4 aromatic rings. The lowest BCUT2D eigenvalue weighted by molar-refractivity contribution is -0.118. The number of nitrogens with two attached hydrogens (primary N) is 1. The highest BCUT2D eigenvalue weighted by Gasteiger charge is 2.18. The Morgan fingerprint density at radius 1 is 1.19 bits per heavy atom. The van der Waals surface area contributed by atoms with Crippen LogP contribution in [-0.2, 0) is 20.4 Å². The second kappa shape index (κ2) is 11.4. The van der Waals surface area contributed by atoms with E-state index in [-0.39, 0.29) is 48.0 Å². The van der Waals surface area contributed by atoms with Crippen LogP contribution in [0, 0.1) is 5.82 Å². The number of amides is 2. The van der Waals surface area contributed by atoms with E-state index in [1.807, 2.05) is 6.07 Å². The number of H-pyrrole nitrogens is 1. The molecule has 15 heteroatoms. The summed E-state index contributed by atoms with van der Waals surface area (Å²) >= 11 is 0. The van der Waals surface area contributed by atoms with Gasteiger partial charge in [-0.1, -0.05) is 6.07 Å². The number of benzene rings is 2. The third kappa shape index (κ3) is 6.64. The Bertz CT molecular complexity index is 1560. The van der Waals surface area contributed by atoms with Crippen LogP contribution in [0.1, 0.15) is 16.1 Å². The molecule has 0 spiro atoms. The molecule has 2 aromatic heterocycles. The maximum absolute atomic E-state index is 12.4. The van der Waals surface area contributed by atoms with Crippen LogP contribution >= 0.6 is 23.1 Å². The van der Waals surface area contributed by atoms with E-state index >= 15 is 0 Å². The predicted molar refractivity (Wildman–Crippen MR) is 137 cm³/mol. The first-order chi connectivity index (χ1) is 17.1. The lowest BCUT2D eigenvalue weighted by Gasteiger charge is -2.18. The fraction of sp³-hybridized carbons (Fsp3) is 0.0909.